The van der Waals surface area contributed by atoms with Crippen molar-refractivity contribution in [2.45, 2.75) is 19.3 Å². The molecule has 0 fully saturated rings. The average Bonchev–Trinajstić information content (AvgIpc) is 3.94. The molecular formula is C51H33NOS. The van der Waals surface area contributed by atoms with Gasteiger partial charge in [0.15, 0.2) is 0 Å². The summed E-state index contributed by atoms with van der Waals surface area (Å²) in [6.45, 7) is 4.70. The molecule has 0 saturated heterocycles. The second-order valence-electron chi connectivity index (χ2n) is 15.3. The summed E-state index contributed by atoms with van der Waals surface area (Å²) in [5.41, 5.74) is 15.5. The molecule has 0 atom stereocenters. The molecule has 2 nitrogen and oxygen atoms in total. The number of fused-ring (bicyclic) bond motifs is 13. The van der Waals surface area contributed by atoms with Crippen molar-refractivity contribution in [3.8, 4) is 39.1 Å². The first kappa shape index (κ1) is 30.1. The molecule has 0 amide bonds. The number of nitrogens with zero attached hydrogens (tertiary/aromatic N) is 1. The van der Waals surface area contributed by atoms with Gasteiger partial charge in [-0.1, -0.05) is 129 Å². The van der Waals surface area contributed by atoms with Crippen LogP contribution in [0, 0.1) is 0 Å². The SMILES string of the molecule is CC1(C)c2cc(-c3ccc4c5cc(-c6cccc7c6sc6ccccc67)ccc5n(-c5ccccc5)c4c3)ccc2-c2c1ccc1c2oc2ccccc21. The van der Waals surface area contributed by atoms with E-state index in [1.165, 1.54) is 97.3 Å². The summed E-state index contributed by atoms with van der Waals surface area (Å²) in [7, 11) is 0. The highest BCUT2D eigenvalue weighted by Crippen LogP contribution is 2.53. The fraction of sp³-hybridized carbons (Fsp3) is 0.0588. The van der Waals surface area contributed by atoms with E-state index in [2.05, 4.69) is 182 Å². The number of thiophene rings is 1. The highest BCUT2D eigenvalue weighted by atomic mass is 32.1. The van der Waals surface area contributed by atoms with Crippen LogP contribution in [0.3, 0.4) is 0 Å². The summed E-state index contributed by atoms with van der Waals surface area (Å²) >= 11 is 1.89. The molecule has 254 valence electrons. The van der Waals surface area contributed by atoms with E-state index in [1.54, 1.807) is 0 Å². The Morgan fingerprint density at radius 1 is 0.481 bits per heavy atom. The largest absolute Gasteiger partial charge is 0.455 e. The van der Waals surface area contributed by atoms with Gasteiger partial charge in [0.2, 0.25) is 0 Å². The molecule has 1 aliphatic rings. The Morgan fingerprint density at radius 3 is 2.13 bits per heavy atom. The van der Waals surface area contributed by atoms with Gasteiger partial charge in [-0.15, -0.1) is 11.3 Å². The van der Waals surface area contributed by atoms with E-state index in [-0.39, 0.29) is 5.41 Å². The van der Waals surface area contributed by atoms with Crippen LogP contribution in [-0.4, -0.2) is 4.57 Å². The van der Waals surface area contributed by atoms with E-state index in [1.807, 2.05) is 11.3 Å². The predicted molar refractivity (Wildman–Crippen MR) is 229 cm³/mol. The quantitative estimate of drug-likeness (QED) is 0.179. The molecule has 0 saturated carbocycles. The van der Waals surface area contributed by atoms with Gasteiger partial charge in [-0.3, -0.25) is 0 Å². The van der Waals surface area contributed by atoms with Crippen molar-refractivity contribution in [1.82, 2.24) is 4.57 Å². The summed E-state index contributed by atoms with van der Waals surface area (Å²) in [5.74, 6) is 0. The summed E-state index contributed by atoms with van der Waals surface area (Å²) in [5, 5.41) is 7.52. The van der Waals surface area contributed by atoms with Crippen LogP contribution in [0.2, 0.25) is 0 Å². The van der Waals surface area contributed by atoms with E-state index in [0.717, 1.165) is 16.9 Å². The molecule has 1 aliphatic carbocycles. The molecule has 12 rings (SSSR count). The lowest BCUT2D eigenvalue weighted by atomic mass is 9.81. The smallest absolute Gasteiger partial charge is 0.143 e. The van der Waals surface area contributed by atoms with Gasteiger partial charge in [0.1, 0.15) is 11.2 Å². The van der Waals surface area contributed by atoms with Crippen molar-refractivity contribution in [2.75, 3.05) is 0 Å². The summed E-state index contributed by atoms with van der Waals surface area (Å²) in [4.78, 5) is 0. The number of aromatic nitrogens is 1. The van der Waals surface area contributed by atoms with E-state index >= 15 is 0 Å². The minimum Gasteiger partial charge on any atom is -0.455 e. The molecule has 0 radical (unpaired) electrons. The van der Waals surface area contributed by atoms with Crippen molar-refractivity contribution < 1.29 is 4.42 Å². The Labute approximate surface area is 316 Å². The van der Waals surface area contributed by atoms with Crippen LogP contribution >= 0.6 is 11.3 Å². The van der Waals surface area contributed by atoms with Gasteiger partial charge >= 0.3 is 0 Å². The Kier molecular flexibility index (Phi) is 6.03. The van der Waals surface area contributed by atoms with Gasteiger partial charge in [0, 0.05) is 58.4 Å². The van der Waals surface area contributed by atoms with E-state index < -0.39 is 0 Å². The highest BCUT2D eigenvalue weighted by molar-refractivity contribution is 7.26. The maximum Gasteiger partial charge on any atom is 0.143 e. The lowest BCUT2D eigenvalue weighted by Gasteiger charge is -2.22. The standard InChI is InChI=1S/C51H33NOS/c1-51(2)42-25-24-38-36-13-6-8-17-46(36)53-49(38)48(42)40-23-20-30(28-43(40)51)31-19-22-35-41-27-32(21-26-44(41)52(45(35)29-31)33-11-4-3-5-12-33)34-15-10-16-39-37-14-7-9-18-47(37)54-50(34)39/h3-29H,1-2H3. The molecule has 3 heterocycles. The van der Waals surface area contributed by atoms with Gasteiger partial charge in [0.05, 0.1) is 11.0 Å². The Morgan fingerprint density at radius 2 is 1.22 bits per heavy atom. The first-order valence-electron chi connectivity index (χ1n) is 18.7. The van der Waals surface area contributed by atoms with E-state index in [4.69, 9.17) is 4.42 Å². The number of rotatable bonds is 3. The van der Waals surface area contributed by atoms with Gasteiger partial charge in [-0.05, 0) is 87.5 Å². The second-order valence-corrected chi connectivity index (χ2v) is 16.3. The van der Waals surface area contributed by atoms with Crippen molar-refractivity contribution in [2.24, 2.45) is 0 Å². The molecule has 0 spiro atoms. The zero-order valence-electron chi connectivity index (χ0n) is 29.9. The minimum absolute atomic E-state index is 0.162. The Balaban J connectivity index is 1.04. The molecule has 54 heavy (non-hydrogen) atoms. The lowest BCUT2D eigenvalue weighted by Crippen LogP contribution is -2.14. The number of hydrogen-bond donors (Lipinski definition) is 0. The molecule has 3 aromatic heterocycles. The van der Waals surface area contributed by atoms with Crippen LogP contribution in [0.25, 0.3) is 103 Å². The van der Waals surface area contributed by atoms with Gasteiger partial charge in [-0.2, -0.15) is 0 Å². The maximum absolute atomic E-state index is 6.56. The zero-order chi connectivity index (χ0) is 35.7. The van der Waals surface area contributed by atoms with Crippen LogP contribution < -0.4 is 0 Å². The first-order chi connectivity index (χ1) is 26.5. The van der Waals surface area contributed by atoms with Crippen molar-refractivity contribution >= 4 is 75.3 Å². The van der Waals surface area contributed by atoms with Crippen LogP contribution in [-0.2, 0) is 5.41 Å². The predicted octanol–water partition coefficient (Wildman–Crippen LogP) is 14.7. The Hall–Kier alpha value is -6.42. The zero-order valence-corrected chi connectivity index (χ0v) is 30.7. The molecule has 0 bridgehead atoms. The second kappa shape index (κ2) is 10.8. The third-order valence-electron chi connectivity index (χ3n) is 12.0. The highest BCUT2D eigenvalue weighted by Gasteiger charge is 2.38. The summed E-state index contributed by atoms with van der Waals surface area (Å²) in [6.07, 6.45) is 0. The van der Waals surface area contributed by atoms with Gasteiger partial charge in [0.25, 0.3) is 0 Å². The number of hydrogen-bond acceptors (Lipinski definition) is 2. The molecule has 0 N–H and O–H groups in total. The molecular weight excluding hydrogens is 675 g/mol. The summed E-state index contributed by atoms with van der Waals surface area (Å²) in [6, 6.07) is 60.3. The van der Waals surface area contributed by atoms with E-state index in [0.29, 0.717) is 0 Å². The average molecular weight is 708 g/mol. The van der Waals surface area contributed by atoms with Crippen LogP contribution in [0.15, 0.2) is 168 Å². The molecule has 11 aromatic rings. The number of benzene rings is 8. The Bertz CT molecular complexity index is 3360. The number of para-hydroxylation sites is 2. The molecule has 3 heteroatoms. The lowest BCUT2D eigenvalue weighted by molar-refractivity contribution is 0.653. The first-order valence-corrected chi connectivity index (χ1v) is 19.5. The molecule has 8 aromatic carbocycles. The molecule has 0 aliphatic heterocycles. The minimum atomic E-state index is -0.162. The van der Waals surface area contributed by atoms with E-state index in [9.17, 15) is 0 Å². The van der Waals surface area contributed by atoms with Gasteiger partial charge < -0.3 is 8.98 Å². The molecule has 0 unspecified atom stereocenters. The van der Waals surface area contributed by atoms with Crippen molar-refractivity contribution in [1.29, 1.82) is 0 Å². The third kappa shape index (κ3) is 4.05. The monoisotopic (exact) mass is 707 g/mol. The summed E-state index contributed by atoms with van der Waals surface area (Å²) < 4.78 is 11.7. The van der Waals surface area contributed by atoms with Crippen LogP contribution in [0.1, 0.15) is 25.0 Å². The van der Waals surface area contributed by atoms with Crippen molar-refractivity contribution in [3.05, 3.63) is 175 Å². The van der Waals surface area contributed by atoms with Crippen LogP contribution in [0.4, 0.5) is 0 Å². The normalized spacial score (nSPS) is 13.5. The fourth-order valence-corrected chi connectivity index (χ4v) is 10.6. The fourth-order valence-electron chi connectivity index (χ4n) is 9.38. The third-order valence-corrected chi connectivity index (χ3v) is 13.2. The maximum atomic E-state index is 6.56. The topological polar surface area (TPSA) is 18.1 Å². The number of furan rings is 1. The van der Waals surface area contributed by atoms with Crippen molar-refractivity contribution in [3.63, 3.8) is 0 Å². The van der Waals surface area contributed by atoms with Gasteiger partial charge in [-0.25, -0.2) is 0 Å². The van der Waals surface area contributed by atoms with Crippen LogP contribution in [0.5, 0.6) is 0 Å².